The Morgan fingerprint density at radius 1 is 1.35 bits per heavy atom. The van der Waals surface area contributed by atoms with E-state index < -0.39 is 12.0 Å². The molecule has 3 rings (SSSR count). The predicted octanol–water partition coefficient (Wildman–Crippen LogP) is 2.66. The normalized spacial score (nSPS) is 18.3. The molecule has 0 unspecified atom stereocenters. The Labute approximate surface area is 133 Å². The van der Waals surface area contributed by atoms with Gasteiger partial charge < -0.3 is 19.2 Å². The molecule has 1 aliphatic rings. The highest BCUT2D eigenvalue weighted by Gasteiger charge is 2.35. The molecule has 1 fully saturated rings. The van der Waals surface area contributed by atoms with Crippen LogP contribution in [0.5, 0.6) is 0 Å². The van der Waals surface area contributed by atoms with Gasteiger partial charge in [-0.1, -0.05) is 18.2 Å². The molecule has 1 aromatic heterocycles. The third-order valence-electron chi connectivity index (χ3n) is 4.23. The molecule has 23 heavy (non-hydrogen) atoms. The fourth-order valence-electron chi connectivity index (χ4n) is 3.12. The summed E-state index contributed by atoms with van der Waals surface area (Å²) in [6, 6.07) is 6.56. The van der Waals surface area contributed by atoms with Crippen molar-refractivity contribution in [2.45, 2.75) is 31.9 Å². The number of carboxylic acids is 1. The summed E-state index contributed by atoms with van der Waals surface area (Å²) in [6.45, 7) is 0.670. The number of furan rings is 1. The van der Waals surface area contributed by atoms with E-state index in [1.807, 2.05) is 18.2 Å². The zero-order chi connectivity index (χ0) is 16.4. The van der Waals surface area contributed by atoms with Crippen LogP contribution in [0.4, 0.5) is 0 Å². The summed E-state index contributed by atoms with van der Waals surface area (Å²) in [6.07, 6.45) is 2.09. The van der Waals surface area contributed by atoms with Crippen LogP contribution in [0.3, 0.4) is 0 Å². The minimum atomic E-state index is -0.970. The lowest BCUT2D eigenvalue weighted by Gasteiger charge is -2.32. The molecule has 0 aliphatic carbocycles. The van der Waals surface area contributed by atoms with E-state index in [1.165, 1.54) is 4.90 Å². The zero-order valence-electron chi connectivity index (χ0n) is 12.9. The van der Waals surface area contributed by atoms with E-state index in [0.29, 0.717) is 24.1 Å². The summed E-state index contributed by atoms with van der Waals surface area (Å²) in [7, 11) is 1.55. The Bertz CT molecular complexity index is 736. The molecule has 1 aliphatic heterocycles. The summed E-state index contributed by atoms with van der Waals surface area (Å²) in [4.78, 5) is 25.7. The van der Waals surface area contributed by atoms with Crippen LogP contribution in [-0.2, 0) is 16.1 Å². The first-order valence-electron chi connectivity index (χ1n) is 7.66. The van der Waals surface area contributed by atoms with E-state index in [4.69, 9.17) is 9.15 Å². The number of hydrogen-bond donors (Lipinski definition) is 1. The number of aliphatic carboxylic acids is 1. The van der Waals surface area contributed by atoms with Crippen LogP contribution < -0.4 is 0 Å². The Morgan fingerprint density at radius 2 is 2.13 bits per heavy atom. The largest absolute Gasteiger partial charge is 0.480 e. The molecule has 2 aromatic rings. The van der Waals surface area contributed by atoms with Crippen LogP contribution in [0.15, 0.2) is 28.7 Å². The predicted molar refractivity (Wildman–Crippen MR) is 83.2 cm³/mol. The van der Waals surface area contributed by atoms with Gasteiger partial charge in [0.1, 0.15) is 11.6 Å². The second-order valence-corrected chi connectivity index (χ2v) is 5.69. The topological polar surface area (TPSA) is 80.0 Å². The number of hydrogen-bond acceptors (Lipinski definition) is 4. The van der Waals surface area contributed by atoms with Crippen LogP contribution in [-0.4, -0.2) is 41.6 Å². The quantitative estimate of drug-likeness (QED) is 0.937. The van der Waals surface area contributed by atoms with Gasteiger partial charge in [-0.05, 0) is 25.3 Å². The number of methoxy groups -OCH3 is 1. The third kappa shape index (κ3) is 2.82. The lowest BCUT2D eigenvalue weighted by atomic mass is 10.0. The van der Waals surface area contributed by atoms with Gasteiger partial charge in [0.25, 0.3) is 5.91 Å². The second-order valence-electron chi connectivity index (χ2n) is 5.69. The van der Waals surface area contributed by atoms with Crippen molar-refractivity contribution in [2.24, 2.45) is 0 Å². The number of rotatable bonds is 4. The number of benzene rings is 1. The van der Waals surface area contributed by atoms with Gasteiger partial charge in [0.15, 0.2) is 5.76 Å². The molecule has 0 saturated carbocycles. The molecule has 0 bridgehead atoms. The zero-order valence-corrected chi connectivity index (χ0v) is 12.9. The number of carbonyl (C=O) groups is 2. The highest BCUT2D eigenvalue weighted by atomic mass is 16.5. The average molecular weight is 317 g/mol. The molecule has 1 atom stereocenters. The molecule has 6 heteroatoms. The number of likely N-dealkylation sites (tertiary alicyclic amines) is 1. The molecule has 6 nitrogen and oxygen atoms in total. The van der Waals surface area contributed by atoms with Crippen molar-refractivity contribution < 1.29 is 23.8 Å². The smallest absolute Gasteiger partial charge is 0.326 e. The number of nitrogens with zero attached hydrogens (tertiary/aromatic N) is 1. The van der Waals surface area contributed by atoms with Crippen LogP contribution in [0.2, 0.25) is 0 Å². The Hall–Kier alpha value is -2.34. The first-order valence-corrected chi connectivity index (χ1v) is 7.66. The maximum Gasteiger partial charge on any atom is 0.326 e. The minimum Gasteiger partial charge on any atom is -0.480 e. The number of para-hydroxylation sites is 1. The van der Waals surface area contributed by atoms with Gasteiger partial charge in [0.05, 0.1) is 6.61 Å². The average Bonchev–Trinajstić information content (AvgIpc) is 2.93. The fourth-order valence-corrected chi connectivity index (χ4v) is 3.12. The minimum absolute atomic E-state index is 0.182. The first-order chi connectivity index (χ1) is 11.1. The van der Waals surface area contributed by atoms with Crippen LogP contribution in [0.25, 0.3) is 11.0 Å². The Balaban J connectivity index is 2.02. The molecule has 2 heterocycles. The van der Waals surface area contributed by atoms with E-state index in [2.05, 4.69) is 0 Å². The van der Waals surface area contributed by atoms with Crippen molar-refractivity contribution in [3.05, 3.63) is 35.6 Å². The lowest BCUT2D eigenvalue weighted by Crippen LogP contribution is -2.48. The Morgan fingerprint density at radius 3 is 2.87 bits per heavy atom. The lowest BCUT2D eigenvalue weighted by molar-refractivity contribution is -0.143. The molecule has 1 N–H and O–H groups in total. The van der Waals surface area contributed by atoms with Gasteiger partial charge in [0.2, 0.25) is 0 Å². The van der Waals surface area contributed by atoms with Gasteiger partial charge in [-0.15, -0.1) is 0 Å². The number of ether oxygens (including phenoxy) is 1. The molecule has 122 valence electrons. The van der Waals surface area contributed by atoms with E-state index >= 15 is 0 Å². The second kappa shape index (κ2) is 6.42. The van der Waals surface area contributed by atoms with E-state index in [9.17, 15) is 14.7 Å². The molecule has 1 saturated heterocycles. The highest BCUT2D eigenvalue weighted by Crippen LogP contribution is 2.29. The number of piperidine rings is 1. The Kier molecular flexibility index (Phi) is 4.34. The first kappa shape index (κ1) is 15.6. The van der Waals surface area contributed by atoms with E-state index in [1.54, 1.807) is 13.2 Å². The van der Waals surface area contributed by atoms with Gasteiger partial charge in [-0.25, -0.2) is 4.79 Å². The van der Waals surface area contributed by atoms with Crippen molar-refractivity contribution in [1.29, 1.82) is 0 Å². The van der Waals surface area contributed by atoms with Crippen molar-refractivity contribution in [3.63, 3.8) is 0 Å². The van der Waals surface area contributed by atoms with Crippen molar-refractivity contribution in [2.75, 3.05) is 13.7 Å². The van der Waals surface area contributed by atoms with E-state index in [0.717, 1.165) is 18.2 Å². The van der Waals surface area contributed by atoms with Crippen molar-refractivity contribution >= 4 is 22.8 Å². The summed E-state index contributed by atoms with van der Waals surface area (Å²) in [5.74, 6) is -1.16. The molecular formula is C17H19NO5. The summed E-state index contributed by atoms with van der Waals surface area (Å²) >= 11 is 0. The maximum atomic E-state index is 12.9. The number of carboxylic acid groups (broad SMARTS) is 1. The van der Waals surface area contributed by atoms with Crippen molar-refractivity contribution in [3.8, 4) is 0 Å². The molecule has 1 amide bonds. The van der Waals surface area contributed by atoms with Crippen LogP contribution >= 0.6 is 0 Å². The monoisotopic (exact) mass is 317 g/mol. The van der Waals surface area contributed by atoms with E-state index in [-0.39, 0.29) is 18.3 Å². The molecule has 1 aromatic carbocycles. The van der Waals surface area contributed by atoms with Crippen molar-refractivity contribution in [1.82, 2.24) is 4.90 Å². The third-order valence-corrected chi connectivity index (χ3v) is 4.23. The highest BCUT2D eigenvalue weighted by molar-refractivity contribution is 6.00. The molecular weight excluding hydrogens is 298 g/mol. The number of carbonyl (C=O) groups excluding carboxylic acids is 1. The maximum absolute atomic E-state index is 12.9. The summed E-state index contributed by atoms with van der Waals surface area (Å²) in [5, 5.41) is 10.2. The van der Waals surface area contributed by atoms with Crippen LogP contribution in [0.1, 0.15) is 35.4 Å². The van der Waals surface area contributed by atoms with Crippen LogP contribution in [0, 0.1) is 0 Å². The number of amides is 1. The fraction of sp³-hybridized carbons (Fsp3) is 0.412. The summed E-state index contributed by atoms with van der Waals surface area (Å²) < 4.78 is 10.9. The summed E-state index contributed by atoms with van der Waals surface area (Å²) in [5.41, 5.74) is 1.27. The number of fused-ring (bicyclic) bond motifs is 1. The van der Waals surface area contributed by atoms with Gasteiger partial charge in [0, 0.05) is 24.6 Å². The van der Waals surface area contributed by atoms with Gasteiger partial charge >= 0.3 is 5.97 Å². The standard InChI is InChI=1S/C17H19NO5/c1-22-10-12-11-6-2-3-8-14(11)23-15(12)16(19)18-9-5-4-7-13(18)17(20)21/h2-3,6,8,13H,4-5,7,9-10H2,1H3,(H,20,21)/t13-/m1/s1. The van der Waals surface area contributed by atoms with Gasteiger partial charge in [-0.3, -0.25) is 4.79 Å². The molecule has 0 spiro atoms. The SMILES string of the molecule is COCc1c(C(=O)N2CCCC[C@@H]2C(=O)O)oc2ccccc12. The van der Waals surface area contributed by atoms with Gasteiger partial charge in [-0.2, -0.15) is 0 Å². The molecule has 0 radical (unpaired) electrons.